The highest BCUT2D eigenvalue weighted by Crippen LogP contribution is 2.28. The van der Waals surface area contributed by atoms with Gasteiger partial charge in [-0.1, -0.05) is 0 Å². The largest absolute Gasteiger partial charge is 0.314 e. The smallest absolute Gasteiger partial charge is 0.260 e. The van der Waals surface area contributed by atoms with E-state index in [0.29, 0.717) is 25.0 Å². The van der Waals surface area contributed by atoms with Crippen LogP contribution in [-0.4, -0.2) is 48.2 Å². The van der Waals surface area contributed by atoms with Crippen molar-refractivity contribution in [1.29, 1.82) is 0 Å². The summed E-state index contributed by atoms with van der Waals surface area (Å²) in [6, 6.07) is 2.07. The number of rotatable bonds is 2. The van der Waals surface area contributed by atoms with E-state index in [2.05, 4.69) is 10.4 Å². The van der Waals surface area contributed by atoms with Gasteiger partial charge in [-0.25, -0.2) is 8.42 Å². The molecule has 2 aliphatic heterocycles. The molecule has 2 atom stereocenters. The Morgan fingerprint density at radius 1 is 1.44 bits per heavy atom. The van der Waals surface area contributed by atoms with E-state index in [9.17, 15) is 8.42 Å². The Morgan fingerprint density at radius 3 is 3.00 bits per heavy atom. The van der Waals surface area contributed by atoms with E-state index >= 15 is 0 Å². The van der Waals surface area contributed by atoms with Gasteiger partial charge in [-0.3, -0.25) is 4.68 Å². The number of aryl methyl sites for hydroxylation is 1. The molecular formula is C11H18N4O2S. The third-order valence-corrected chi connectivity index (χ3v) is 5.94. The van der Waals surface area contributed by atoms with Crippen LogP contribution in [0.5, 0.6) is 0 Å². The van der Waals surface area contributed by atoms with E-state index in [4.69, 9.17) is 0 Å². The third-order valence-electron chi connectivity index (χ3n) is 4.00. The lowest BCUT2D eigenvalue weighted by molar-refractivity contribution is 0.246. The minimum absolute atomic E-state index is 0.284. The van der Waals surface area contributed by atoms with Gasteiger partial charge in [-0.2, -0.15) is 9.40 Å². The fourth-order valence-corrected chi connectivity index (χ4v) is 4.59. The first-order valence-corrected chi connectivity index (χ1v) is 7.74. The average molecular weight is 270 g/mol. The van der Waals surface area contributed by atoms with Gasteiger partial charge >= 0.3 is 0 Å². The Balaban J connectivity index is 1.85. The maximum Gasteiger partial charge on any atom is 0.260 e. The average Bonchev–Trinajstić information content (AvgIpc) is 2.95. The van der Waals surface area contributed by atoms with Crippen LogP contribution < -0.4 is 5.32 Å². The SMILES string of the molecule is Cn1nccc1S(=O)(=O)N1CCC2NCCC2C1. The fourth-order valence-electron chi connectivity index (χ4n) is 2.98. The zero-order chi connectivity index (χ0) is 12.8. The van der Waals surface area contributed by atoms with Crippen molar-refractivity contribution < 1.29 is 8.42 Å². The second kappa shape index (κ2) is 4.32. The molecule has 1 aromatic heterocycles. The molecule has 0 radical (unpaired) electrons. The Hall–Kier alpha value is -0.920. The van der Waals surface area contributed by atoms with Crippen molar-refractivity contribution in [3.63, 3.8) is 0 Å². The van der Waals surface area contributed by atoms with Crippen molar-refractivity contribution in [3.05, 3.63) is 12.3 Å². The monoisotopic (exact) mass is 270 g/mol. The zero-order valence-electron chi connectivity index (χ0n) is 10.4. The zero-order valence-corrected chi connectivity index (χ0v) is 11.2. The topological polar surface area (TPSA) is 67.2 Å². The van der Waals surface area contributed by atoms with E-state index < -0.39 is 10.0 Å². The van der Waals surface area contributed by atoms with Crippen LogP contribution in [0.1, 0.15) is 12.8 Å². The summed E-state index contributed by atoms with van der Waals surface area (Å²) >= 11 is 0. The molecule has 0 amide bonds. The van der Waals surface area contributed by atoms with Crippen LogP contribution in [0.25, 0.3) is 0 Å². The summed E-state index contributed by atoms with van der Waals surface area (Å²) in [7, 11) is -1.72. The van der Waals surface area contributed by atoms with Crippen LogP contribution >= 0.6 is 0 Å². The molecule has 3 rings (SSSR count). The van der Waals surface area contributed by atoms with Crippen LogP contribution in [-0.2, 0) is 17.1 Å². The van der Waals surface area contributed by atoms with E-state index in [-0.39, 0.29) is 5.03 Å². The highest BCUT2D eigenvalue weighted by molar-refractivity contribution is 7.89. The van der Waals surface area contributed by atoms with Crippen molar-refractivity contribution in [3.8, 4) is 0 Å². The van der Waals surface area contributed by atoms with Crippen LogP contribution in [0.2, 0.25) is 0 Å². The predicted molar refractivity (Wildman–Crippen MR) is 66.5 cm³/mol. The molecular weight excluding hydrogens is 252 g/mol. The lowest BCUT2D eigenvalue weighted by Gasteiger charge is -2.33. The van der Waals surface area contributed by atoms with Gasteiger partial charge in [0.25, 0.3) is 10.0 Å². The molecule has 2 unspecified atom stereocenters. The van der Waals surface area contributed by atoms with Gasteiger partial charge in [0, 0.05) is 26.2 Å². The minimum atomic E-state index is -3.38. The predicted octanol–water partition coefficient (Wildman–Crippen LogP) is -0.207. The molecule has 0 aromatic carbocycles. The second-order valence-corrected chi connectivity index (χ2v) is 6.94. The third kappa shape index (κ3) is 1.86. The van der Waals surface area contributed by atoms with Crippen LogP contribution in [0.3, 0.4) is 0 Å². The second-order valence-electron chi connectivity index (χ2n) is 5.05. The van der Waals surface area contributed by atoms with Crippen LogP contribution in [0.15, 0.2) is 17.3 Å². The van der Waals surface area contributed by atoms with Crippen molar-refractivity contribution in [2.45, 2.75) is 23.9 Å². The quantitative estimate of drug-likeness (QED) is 0.807. The summed E-state index contributed by atoms with van der Waals surface area (Å²) in [4.78, 5) is 0. The first-order valence-electron chi connectivity index (χ1n) is 6.30. The normalized spacial score (nSPS) is 29.4. The van der Waals surface area contributed by atoms with Gasteiger partial charge in [-0.15, -0.1) is 0 Å². The van der Waals surface area contributed by atoms with Gasteiger partial charge in [0.15, 0.2) is 5.03 Å². The maximum absolute atomic E-state index is 12.5. The summed E-state index contributed by atoms with van der Waals surface area (Å²) in [6.45, 7) is 2.24. The van der Waals surface area contributed by atoms with Gasteiger partial charge < -0.3 is 5.32 Å². The number of aromatic nitrogens is 2. The lowest BCUT2D eigenvalue weighted by Crippen LogP contribution is -2.47. The van der Waals surface area contributed by atoms with Gasteiger partial charge in [0.2, 0.25) is 0 Å². The molecule has 2 fully saturated rings. The molecule has 1 aromatic rings. The van der Waals surface area contributed by atoms with Crippen molar-refractivity contribution in [1.82, 2.24) is 19.4 Å². The first kappa shape index (κ1) is 12.1. The van der Waals surface area contributed by atoms with Crippen molar-refractivity contribution in [2.24, 2.45) is 13.0 Å². The highest BCUT2D eigenvalue weighted by atomic mass is 32.2. The van der Waals surface area contributed by atoms with Gasteiger partial charge in [0.1, 0.15) is 0 Å². The standard InChI is InChI=1S/C11H18N4O2S/c1-14-11(3-6-13-14)18(16,17)15-7-4-10-9(8-15)2-5-12-10/h3,6,9-10,12H,2,4-5,7-8H2,1H3. The maximum atomic E-state index is 12.5. The Bertz CT molecular complexity index is 539. The molecule has 0 saturated carbocycles. The van der Waals surface area contributed by atoms with E-state index in [1.54, 1.807) is 17.4 Å². The number of fused-ring (bicyclic) bond motifs is 1. The molecule has 0 aliphatic carbocycles. The van der Waals surface area contributed by atoms with Crippen LogP contribution in [0.4, 0.5) is 0 Å². The molecule has 2 saturated heterocycles. The summed E-state index contributed by atoms with van der Waals surface area (Å²) in [5.74, 6) is 0.460. The Morgan fingerprint density at radius 2 is 2.28 bits per heavy atom. The molecule has 1 N–H and O–H groups in total. The summed E-state index contributed by atoms with van der Waals surface area (Å²) in [5.41, 5.74) is 0. The Kier molecular flexibility index (Phi) is 2.91. The fraction of sp³-hybridized carbons (Fsp3) is 0.727. The number of hydrogen-bond donors (Lipinski definition) is 1. The summed E-state index contributed by atoms with van der Waals surface area (Å²) < 4.78 is 28.0. The molecule has 18 heavy (non-hydrogen) atoms. The number of hydrogen-bond acceptors (Lipinski definition) is 4. The first-order chi connectivity index (χ1) is 8.59. The highest BCUT2D eigenvalue weighted by Gasteiger charge is 2.38. The number of sulfonamides is 1. The minimum Gasteiger partial charge on any atom is -0.314 e. The Labute approximate surface area is 107 Å². The van der Waals surface area contributed by atoms with E-state index in [0.717, 1.165) is 19.4 Å². The molecule has 7 heteroatoms. The molecule has 2 aliphatic rings. The van der Waals surface area contributed by atoms with Gasteiger partial charge in [-0.05, 0) is 31.4 Å². The van der Waals surface area contributed by atoms with Gasteiger partial charge in [0.05, 0.1) is 6.20 Å². The van der Waals surface area contributed by atoms with Crippen molar-refractivity contribution >= 4 is 10.0 Å². The van der Waals surface area contributed by atoms with Crippen LogP contribution in [0, 0.1) is 5.92 Å². The lowest BCUT2D eigenvalue weighted by atomic mass is 9.95. The van der Waals surface area contributed by atoms with E-state index in [1.165, 1.54) is 10.9 Å². The molecule has 100 valence electrons. The van der Waals surface area contributed by atoms with Crippen molar-refractivity contribution in [2.75, 3.05) is 19.6 Å². The summed E-state index contributed by atoms with van der Waals surface area (Å²) in [6.07, 6.45) is 3.50. The number of nitrogens with one attached hydrogen (secondary N) is 1. The molecule has 0 spiro atoms. The molecule has 6 nitrogen and oxygen atoms in total. The van der Waals surface area contributed by atoms with E-state index in [1.807, 2.05) is 0 Å². The number of nitrogens with zero attached hydrogens (tertiary/aromatic N) is 3. The summed E-state index contributed by atoms with van der Waals surface area (Å²) in [5, 5.41) is 7.66. The molecule has 0 bridgehead atoms. The molecule has 3 heterocycles. The number of piperidine rings is 1.